The van der Waals surface area contributed by atoms with E-state index in [-0.39, 0.29) is 6.04 Å². The van der Waals surface area contributed by atoms with Crippen LogP contribution in [0.2, 0.25) is 0 Å². The summed E-state index contributed by atoms with van der Waals surface area (Å²) in [6.45, 7) is 1.92. The maximum Gasteiger partial charge on any atom is 0.223 e. The molecule has 4 heteroatoms. The van der Waals surface area contributed by atoms with Gasteiger partial charge in [0.1, 0.15) is 5.75 Å². The average molecular weight is 340 g/mol. The van der Waals surface area contributed by atoms with E-state index in [0.717, 1.165) is 14.9 Å². The topological polar surface area (TPSA) is 48.1 Å². The Morgan fingerprint density at radius 1 is 1.29 bits per heavy atom. The first-order valence-electron chi connectivity index (χ1n) is 5.31. The molecule has 88 valence electrons. The third-order valence-corrected chi connectivity index (χ3v) is 2.97. The number of pyridine rings is 1. The zero-order valence-electron chi connectivity index (χ0n) is 9.43. The van der Waals surface area contributed by atoms with Gasteiger partial charge in [-0.1, -0.05) is 12.1 Å². The predicted octanol–water partition coefficient (Wildman–Crippen LogP) is 3.50. The lowest BCUT2D eigenvalue weighted by Crippen LogP contribution is -2.07. The Kier molecular flexibility index (Phi) is 3.96. The minimum Gasteiger partial charge on any atom is -0.439 e. The second kappa shape index (κ2) is 5.46. The number of benzene rings is 1. The van der Waals surface area contributed by atoms with Gasteiger partial charge >= 0.3 is 0 Å². The molecule has 2 rings (SSSR count). The summed E-state index contributed by atoms with van der Waals surface area (Å²) in [7, 11) is 0. The van der Waals surface area contributed by atoms with Crippen LogP contribution >= 0.6 is 22.6 Å². The van der Waals surface area contributed by atoms with E-state index >= 15 is 0 Å². The van der Waals surface area contributed by atoms with E-state index in [4.69, 9.17) is 10.5 Å². The fourth-order valence-corrected chi connectivity index (χ4v) is 1.99. The molecule has 0 spiro atoms. The van der Waals surface area contributed by atoms with Gasteiger partial charge in [-0.25, -0.2) is 4.98 Å². The standard InChI is InChI=1S/C13H13IN2O/c1-9(15)12-6-3-7-16-13(12)17-11-5-2-4-10(14)8-11/h2-9H,15H2,1H3. The molecule has 2 aromatic rings. The van der Waals surface area contributed by atoms with Crippen LogP contribution in [-0.4, -0.2) is 4.98 Å². The molecule has 2 N–H and O–H groups in total. The summed E-state index contributed by atoms with van der Waals surface area (Å²) in [6.07, 6.45) is 1.70. The summed E-state index contributed by atoms with van der Waals surface area (Å²) in [6, 6.07) is 11.5. The van der Waals surface area contributed by atoms with Crippen LogP contribution in [0.25, 0.3) is 0 Å². The molecular formula is C13H13IN2O. The quantitative estimate of drug-likeness (QED) is 0.870. The highest BCUT2D eigenvalue weighted by Gasteiger charge is 2.09. The first-order valence-corrected chi connectivity index (χ1v) is 6.38. The first kappa shape index (κ1) is 12.3. The molecule has 0 bridgehead atoms. The van der Waals surface area contributed by atoms with Gasteiger partial charge in [0, 0.05) is 21.4 Å². The lowest BCUT2D eigenvalue weighted by atomic mass is 10.1. The van der Waals surface area contributed by atoms with Crippen LogP contribution in [0.1, 0.15) is 18.5 Å². The molecule has 1 atom stereocenters. The van der Waals surface area contributed by atoms with E-state index in [0.29, 0.717) is 5.88 Å². The van der Waals surface area contributed by atoms with E-state index in [1.165, 1.54) is 0 Å². The van der Waals surface area contributed by atoms with Crippen LogP contribution in [0.3, 0.4) is 0 Å². The second-order valence-electron chi connectivity index (χ2n) is 3.75. The summed E-state index contributed by atoms with van der Waals surface area (Å²) in [4.78, 5) is 4.22. The van der Waals surface area contributed by atoms with Gasteiger partial charge in [-0.2, -0.15) is 0 Å². The van der Waals surface area contributed by atoms with Gasteiger partial charge in [0.2, 0.25) is 5.88 Å². The third kappa shape index (κ3) is 3.17. The molecule has 1 aromatic heterocycles. The highest BCUT2D eigenvalue weighted by atomic mass is 127. The van der Waals surface area contributed by atoms with Gasteiger partial charge in [-0.3, -0.25) is 0 Å². The molecule has 1 aromatic carbocycles. The van der Waals surface area contributed by atoms with Crippen LogP contribution in [0, 0.1) is 3.57 Å². The molecule has 17 heavy (non-hydrogen) atoms. The molecule has 0 aliphatic heterocycles. The molecule has 3 nitrogen and oxygen atoms in total. The van der Waals surface area contributed by atoms with Crippen LogP contribution in [0.5, 0.6) is 11.6 Å². The normalized spacial score (nSPS) is 12.2. The Hall–Kier alpha value is -1.14. The number of hydrogen-bond acceptors (Lipinski definition) is 3. The van der Waals surface area contributed by atoms with E-state index < -0.39 is 0 Å². The van der Waals surface area contributed by atoms with Crippen molar-refractivity contribution in [2.24, 2.45) is 5.73 Å². The van der Waals surface area contributed by atoms with Gasteiger partial charge < -0.3 is 10.5 Å². The summed E-state index contributed by atoms with van der Waals surface area (Å²) >= 11 is 2.25. The number of nitrogens with two attached hydrogens (primary N) is 1. The maximum absolute atomic E-state index is 5.88. The van der Waals surface area contributed by atoms with Crippen molar-refractivity contribution in [1.82, 2.24) is 4.98 Å². The Bertz CT molecular complexity index is 514. The van der Waals surface area contributed by atoms with E-state index in [1.54, 1.807) is 6.20 Å². The first-order chi connectivity index (χ1) is 8.16. The molecule has 0 saturated heterocycles. The van der Waals surface area contributed by atoms with Gasteiger partial charge in [0.05, 0.1) is 0 Å². The van der Waals surface area contributed by atoms with E-state index in [1.807, 2.05) is 43.3 Å². The predicted molar refractivity (Wildman–Crippen MR) is 76.1 cm³/mol. The second-order valence-corrected chi connectivity index (χ2v) is 4.99. The third-order valence-electron chi connectivity index (χ3n) is 2.30. The molecule has 0 amide bonds. The van der Waals surface area contributed by atoms with Crippen molar-refractivity contribution in [2.45, 2.75) is 13.0 Å². The molecule has 0 aliphatic rings. The van der Waals surface area contributed by atoms with Crippen molar-refractivity contribution in [3.05, 3.63) is 51.7 Å². The fraction of sp³-hybridized carbons (Fsp3) is 0.154. The highest BCUT2D eigenvalue weighted by Crippen LogP contribution is 2.26. The lowest BCUT2D eigenvalue weighted by molar-refractivity contribution is 0.452. The smallest absolute Gasteiger partial charge is 0.223 e. The Labute approximate surface area is 114 Å². The minimum absolute atomic E-state index is 0.0958. The van der Waals surface area contributed by atoms with Gasteiger partial charge in [0.15, 0.2) is 0 Å². The summed E-state index contributed by atoms with van der Waals surface area (Å²) < 4.78 is 6.88. The SMILES string of the molecule is CC(N)c1cccnc1Oc1cccc(I)c1. The number of hydrogen-bond donors (Lipinski definition) is 1. The van der Waals surface area contributed by atoms with Crippen LogP contribution in [0.4, 0.5) is 0 Å². The highest BCUT2D eigenvalue weighted by molar-refractivity contribution is 14.1. The van der Waals surface area contributed by atoms with E-state index in [9.17, 15) is 0 Å². The molecule has 0 fully saturated rings. The van der Waals surface area contributed by atoms with Crippen LogP contribution in [0.15, 0.2) is 42.6 Å². The summed E-state index contributed by atoms with van der Waals surface area (Å²) in [5.41, 5.74) is 6.79. The largest absolute Gasteiger partial charge is 0.439 e. The van der Waals surface area contributed by atoms with Gasteiger partial charge in [-0.05, 0) is 53.8 Å². The maximum atomic E-state index is 5.88. The zero-order valence-corrected chi connectivity index (χ0v) is 11.6. The van der Waals surface area contributed by atoms with E-state index in [2.05, 4.69) is 27.6 Å². The Morgan fingerprint density at radius 2 is 2.12 bits per heavy atom. The monoisotopic (exact) mass is 340 g/mol. The Balaban J connectivity index is 2.30. The van der Waals surface area contributed by atoms with Crippen LogP contribution in [-0.2, 0) is 0 Å². The fourth-order valence-electron chi connectivity index (χ4n) is 1.48. The summed E-state index contributed by atoms with van der Waals surface area (Å²) in [5.74, 6) is 1.35. The van der Waals surface area contributed by atoms with Crippen LogP contribution < -0.4 is 10.5 Å². The number of rotatable bonds is 3. The van der Waals surface area contributed by atoms with Gasteiger partial charge in [-0.15, -0.1) is 0 Å². The number of nitrogens with zero attached hydrogens (tertiary/aromatic N) is 1. The van der Waals surface area contributed by atoms with Crippen molar-refractivity contribution in [1.29, 1.82) is 0 Å². The Morgan fingerprint density at radius 3 is 2.82 bits per heavy atom. The van der Waals surface area contributed by atoms with Gasteiger partial charge in [0.25, 0.3) is 0 Å². The average Bonchev–Trinajstić information content (AvgIpc) is 2.29. The van der Waals surface area contributed by atoms with Crippen molar-refractivity contribution >= 4 is 22.6 Å². The number of aromatic nitrogens is 1. The minimum atomic E-state index is -0.0958. The molecule has 0 saturated carbocycles. The molecule has 0 radical (unpaired) electrons. The van der Waals surface area contributed by atoms with Crippen molar-refractivity contribution < 1.29 is 4.74 Å². The number of halogens is 1. The lowest BCUT2D eigenvalue weighted by Gasteiger charge is -2.12. The summed E-state index contributed by atoms with van der Waals surface area (Å²) in [5, 5.41) is 0. The molecule has 1 unspecified atom stereocenters. The van der Waals surface area contributed by atoms with Crippen molar-refractivity contribution in [2.75, 3.05) is 0 Å². The van der Waals surface area contributed by atoms with Crippen molar-refractivity contribution in [3.8, 4) is 11.6 Å². The zero-order chi connectivity index (χ0) is 12.3. The number of ether oxygens (including phenoxy) is 1. The molecular weight excluding hydrogens is 327 g/mol. The van der Waals surface area contributed by atoms with Crippen molar-refractivity contribution in [3.63, 3.8) is 0 Å². The molecule has 1 heterocycles. The molecule has 0 aliphatic carbocycles.